The summed E-state index contributed by atoms with van der Waals surface area (Å²) in [6, 6.07) is -0.340. The van der Waals surface area contributed by atoms with Gasteiger partial charge >= 0.3 is 12.0 Å². The van der Waals surface area contributed by atoms with E-state index in [1.807, 2.05) is 0 Å². The molecule has 8 heteroatoms. The quantitative estimate of drug-likeness (QED) is 0.597. The van der Waals surface area contributed by atoms with Gasteiger partial charge in [0.25, 0.3) is 0 Å². The Kier molecular flexibility index (Phi) is 6.37. The van der Waals surface area contributed by atoms with Gasteiger partial charge in [0.2, 0.25) is 0 Å². The molecule has 1 aromatic rings. The Morgan fingerprint density at radius 2 is 2.26 bits per heavy atom. The molecule has 0 aromatic carbocycles. The van der Waals surface area contributed by atoms with Crippen LogP contribution in [-0.2, 0) is 16.1 Å². The summed E-state index contributed by atoms with van der Waals surface area (Å²) in [5, 5.41) is 17.6. The number of nitrogens with one attached hydrogen (secondary N) is 2. The van der Waals surface area contributed by atoms with E-state index >= 15 is 0 Å². The molecule has 0 radical (unpaired) electrons. The zero-order valence-electron chi connectivity index (χ0n) is 10.8. The molecular weight excluding hydrogens is 252 g/mol. The van der Waals surface area contributed by atoms with Gasteiger partial charge < -0.3 is 20.5 Å². The van der Waals surface area contributed by atoms with E-state index in [1.165, 1.54) is 17.1 Å². The number of aromatic nitrogens is 2. The van der Waals surface area contributed by atoms with Gasteiger partial charge in [-0.2, -0.15) is 5.10 Å². The number of anilines is 1. The molecule has 8 nitrogen and oxygen atoms in total. The molecule has 0 aliphatic rings. The molecule has 0 bridgehead atoms. The van der Waals surface area contributed by atoms with Crippen molar-refractivity contribution in [1.29, 1.82) is 0 Å². The maximum Gasteiger partial charge on any atom is 0.325 e. The number of aliphatic carboxylic acids is 1. The minimum Gasteiger partial charge on any atom is -0.480 e. The second-order valence-corrected chi connectivity index (χ2v) is 3.90. The van der Waals surface area contributed by atoms with Crippen LogP contribution in [0.3, 0.4) is 0 Å². The van der Waals surface area contributed by atoms with E-state index < -0.39 is 5.97 Å². The van der Waals surface area contributed by atoms with E-state index in [0.717, 1.165) is 12.8 Å². The number of carbonyl (C=O) groups is 2. The average molecular weight is 270 g/mol. The molecule has 0 saturated heterocycles. The van der Waals surface area contributed by atoms with Crippen LogP contribution in [0.25, 0.3) is 0 Å². The van der Waals surface area contributed by atoms with Crippen molar-refractivity contribution in [2.75, 3.05) is 25.6 Å². The first-order chi connectivity index (χ1) is 9.11. The Hall–Kier alpha value is -2.09. The van der Waals surface area contributed by atoms with Crippen LogP contribution in [0.2, 0.25) is 0 Å². The van der Waals surface area contributed by atoms with Crippen LogP contribution in [0.5, 0.6) is 0 Å². The fraction of sp³-hybridized carbons (Fsp3) is 0.545. The van der Waals surface area contributed by atoms with E-state index in [0.29, 0.717) is 18.8 Å². The highest BCUT2D eigenvalue weighted by atomic mass is 16.5. The van der Waals surface area contributed by atoms with Crippen molar-refractivity contribution in [3.8, 4) is 0 Å². The minimum absolute atomic E-state index is 0.236. The molecule has 19 heavy (non-hydrogen) atoms. The van der Waals surface area contributed by atoms with E-state index in [2.05, 4.69) is 15.7 Å². The number of carboxylic acids is 1. The maximum absolute atomic E-state index is 11.5. The number of amides is 2. The summed E-state index contributed by atoms with van der Waals surface area (Å²) >= 11 is 0. The summed E-state index contributed by atoms with van der Waals surface area (Å²) in [7, 11) is 1.63. The third-order valence-electron chi connectivity index (χ3n) is 2.25. The van der Waals surface area contributed by atoms with Crippen LogP contribution < -0.4 is 10.6 Å². The number of carbonyl (C=O) groups excluding carboxylic acids is 1. The average Bonchev–Trinajstić information content (AvgIpc) is 2.75. The number of ether oxygens (including phenoxy) is 1. The van der Waals surface area contributed by atoms with Crippen LogP contribution >= 0.6 is 0 Å². The molecule has 1 rings (SSSR count). The van der Waals surface area contributed by atoms with Crippen molar-refractivity contribution < 1.29 is 19.4 Å². The lowest BCUT2D eigenvalue weighted by Gasteiger charge is -2.05. The number of urea groups is 1. The Balaban J connectivity index is 2.24. The summed E-state index contributed by atoms with van der Waals surface area (Å²) in [6.07, 6.45) is 4.57. The number of carboxylic acid groups (broad SMARTS) is 1. The molecule has 0 aliphatic carbocycles. The van der Waals surface area contributed by atoms with Gasteiger partial charge in [0.05, 0.1) is 11.9 Å². The molecule has 0 aliphatic heterocycles. The lowest BCUT2D eigenvalue weighted by Crippen LogP contribution is -2.29. The molecule has 0 spiro atoms. The predicted molar refractivity (Wildman–Crippen MR) is 68.0 cm³/mol. The van der Waals surface area contributed by atoms with Gasteiger partial charge in [0.15, 0.2) is 0 Å². The van der Waals surface area contributed by atoms with E-state index in [1.54, 1.807) is 7.11 Å². The molecule has 3 N–H and O–H groups in total. The largest absolute Gasteiger partial charge is 0.480 e. The number of hydrogen-bond donors (Lipinski definition) is 3. The van der Waals surface area contributed by atoms with Gasteiger partial charge in [-0.05, 0) is 12.8 Å². The van der Waals surface area contributed by atoms with E-state index in [9.17, 15) is 9.59 Å². The van der Waals surface area contributed by atoms with Crippen molar-refractivity contribution in [2.24, 2.45) is 0 Å². The van der Waals surface area contributed by atoms with E-state index in [-0.39, 0.29) is 12.6 Å². The molecule has 0 atom stereocenters. The number of rotatable bonds is 8. The lowest BCUT2D eigenvalue weighted by atomic mass is 10.3. The van der Waals surface area contributed by atoms with Gasteiger partial charge in [-0.15, -0.1) is 0 Å². The van der Waals surface area contributed by atoms with Crippen molar-refractivity contribution >= 4 is 17.7 Å². The predicted octanol–water partition coefficient (Wildman–Crippen LogP) is 0.516. The molecule has 0 unspecified atom stereocenters. The van der Waals surface area contributed by atoms with Crippen LogP contribution in [0.4, 0.5) is 10.5 Å². The number of hydrogen-bond acceptors (Lipinski definition) is 4. The normalized spacial score (nSPS) is 10.2. The van der Waals surface area contributed by atoms with Crippen LogP contribution in [-0.4, -0.2) is 47.1 Å². The Bertz CT molecular complexity index is 419. The second-order valence-electron chi connectivity index (χ2n) is 3.90. The standard InChI is InChI=1S/C11H18N4O4/c1-19-5-3-2-4-12-11(18)14-9-6-13-15(7-9)8-10(16)17/h6-7H,2-5,8H2,1H3,(H,16,17)(H2,12,14,18). The second kappa shape index (κ2) is 8.09. The van der Waals surface area contributed by atoms with Crippen LogP contribution in [0, 0.1) is 0 Å². The minimum atomic E-state index is -0.989. The first-order valence-electron chi connectivity index (χ1n) is 5.90. The highest BCUT2D eigenvalue weighted by Crippen LogP contribution is 2.04. The summed E-state index contributed by atoms with van der Waals surface area (Å²) in [6.45, 7) is 0.990. The van der Waals surface area contributed by atoms with Gasteiger partial charge in [-0.25, -0.2) is 4.79 Å². The Morgan fingerprint density at radius 1 is 1.47 bits per heavy atom. The topological polar surface area (TPSA) is 105 Å². The molecule has 1 heterocycles. The molecule has 2 amide bonds. The summed E-state index contributed by atoms with van der Waals surface area (Å²) < 4.78 is 6.12. The Morgan fingerprint density at radius 3 is 2.95 bits per heavy atom. The first-order valence-corrected chi connectivity index (χ1v) is 5.90. The van der Waals surface area contributed by atoms with Gasteiger partial charge in [-0.3, -0.25) is 9.48 Å². The highest BCUT2D eigenvalue weighted by molar-refractivity contribution is 5.88. The van der Waals surface area contributed by atoms with Crippen molar-refractivity contribution in [2.45, 2.75) is 19.4 Å². The summed E-state index contributed by atoms with van der Waals surface area (Å²) in [5.41, 5.74) is 0.454. The highest BCUT2D eigenvalue weighted by Gasteiger charge is 2.05. The van der Waals surface area contributed by atoms with Gasteiger partial charge in [0.1, 0.15) is 6.54 Å². The smallest absolute Gasteiger partial charge is 0.325 e. The fourth-order valence-electron chi connectivity index (χ4n) is 1.40. The molecule has 1 aromatic heterocycles. The SMILES string of the molecule is COCCCCNC(=O)Nc1cnn(CC(=O)O)c1. The van der Waals surface area contributed by atoms with Gasteiger partial charge in [0, 0.05) is 26.5 Å². The fourth-order valence-corrected chi connectivity index (χ4v) is 1.40. The maximum atomic E-state index is 11.5. The monoisotopic (exact) mass is 270 g/mol. The summed E-state index contributed by atoms with van der Waals surface area (Å²) in [5.74, 6) is -0.989. The van der Waals surface area contributed by atoms with Crippen molar-refractivity contribution in [3.63, 3.8) is 0 Å². The molecule has 106 valence electrons. The zero-order valence-corrected chi connectivity index (χ0v) is 10.8. The number of unbranched alkanes of at least 4 members (excludes halogenated alkanes) is 1. The van der Waals surface area contributed by atoms with Crippen LogP contribution in [0.1, 0.15) is 12.8 Å². The Labute approximate surface area is 110 Å². The van der Waals surface area contributed by atoms with Crippen LogP contribution in [0.15, 0.2) is 12.4 Å². The third kappa shape index (κ3) is 6.41. The molecule has 0 fully saturated rings. The zero-order chi connectivity index (χ0) is 14.1. The van der Waals surface area contributed by atoms with Gasteiger partial charge in [-0.1, -0.05) is 0 Å². The number of methoxy groups -OCH3 is 1. The molecular formula is C11H18N4O4. The lowest BCUT2D eigenvalue weighted by molar-refractivity contribution is -0.137. The summed E-state index contributed by atoms with van der Waals surface area (Å²) in [4.78, 5) is 21.9. The molecule has 0 saturated carbocycles. The van der Waals surface area contributed by atoms with Crippen molar-refractivity contribution in [1.82, 2.24) is 15.1 Å². The first kappa shape index (κ1) is 15.0. The van der Waals surface area contributed by atoms with Crippen molar-refractivity contribution in [3.05, 3.63) is 12.4 Å². The number of nitrogens with zero attached hydrogens (tertiary/aromatic N) is 2. The van der Waals surface area contributed by atoms with E-state index in [4.69, 9.17) is 9.84 Å². The third-order valence-corrected chi connectivity index (χ3v) is 2.25.